The number of allylic oxidation sites excluding steroid dienone is 1. The summed E-state index contributed by atoms with van der Waals surface area (Å²) in [6.45, 7) is 9.88. The molecular weight excluding hydrogens is 553 g/mol. The number of rotatable bonds is 14. The van der Waals surface area contributed by atoms with E-state index in [1.54, 1.807) is 50.3 Å². The number of nitrogens with zero attached hydrogens (tertiary/aromatic N) is 4. The summed E-state index contributed by atoms with van der Waals surface area (Å²) in [5.41, 5.74) is -6.01. The number of halogens is 5. The van der Waals surface area contributed by atoms with Gasteiger partial charge in [-0.2, -0.15) is 13.2 Å². The van der Waals surface area contributed by atoms with Gasteiger partial charge in [0.15, 0.2) is 0 Å². The van der Waals surface area contributed by atoms with Crippen molar-refractivity contribution in [2.75, 3.05) is 5.32 Å². The predicted octanol–water partition coefficient (Wildman–Crippen LogP) is 7.68. The van der Waals surface area contributed by atoms with E-state index in [1.165, 1.54) is 0 Å². The Morgan fingerprint density at radius 2 is 1.83 bits per heavy atom. The lowest BCUT2D eigenvalue weighted by Gasteiger charge is -2.31. The number of aromatic nitrogens is 3. The molecule has 2 aromatic heterocycles. The van der Waals surface area contributed by atoms with Crippen LogP contribution in [0.15, 0.2) is 66.1 Å². The van der Waals surface area contributed by atoms with Gasteiger partial charge in [0.05, 0.1) is 17.1 Å². The topological polar surface area (TPSA) is 116 Å². The lowest BCUT2D eigenvalue weighted by atomic mass is 9.98. The second-order valence-electron chi connectivity index (χ2n) is 9.69. The van der Waals surface area contributed by atoms with Crippen LogP contribution >= 0.6 is 0 Å². The predicted molar refractivity (Wildman–Crippen MR) is 140 cm³/mol. The zero-order chi connectivity index (χ0) is 30.4. The molecule has 0 bridgehead atoms. The van der Waals surface area contributed by atoms with Crippen LogP contribution in [0.25, 0.3) is 11.6 Å². The molecule has 0 radical (unpaired) electrons. The van der Waals surface area contributed by atoms with Crippen LogP contribution in [0.4, 0.5) is 33.5 Å². The maximum atomic E-state index is 14.5. The Balaban J connectivity index is 2.15. The second-order valence-corrected chi connectivity index (χ2v) is 9.69. The van der Waals surface area contributed by atoms with Gasteiger partial charge in [-0.05, 0) is 32.3 Å². The highest BCUT2D eigenvalue weighted by atomic mass is 19.4. The number of hydrogen-bond donors (Lipinski definition) is 1. The number of nitrogens with one attached hydrogen (secondary N) is 1. The maximum Gasteiger partial charge on any atom is 0.426 e. The molecule has 0 spiro atoms. The normalized spacial score (nSPS) is 13.6. The highest BCUT2D eigenvalue weighted by Gasteiger charge is 2.61. The summed E-state index contributed by atoms with van der Waals surface area (Å²) >= 11 is 0. The van der Waals surface area contributed by atoms with Crippen LogP contribution in [-0.4, -0.2) is 31.8 Å². The van der Waals surface area contributed by atoms with Crippen molar-refractivity contribution < 1.29 is 36.0 Å². The molecule has 3 rings (SSSR count). The first kappa shape index (κ1) is 31.3. The highest BCUT2D eigenvalue weighted by Crippen LogP contribution is 2.46. The molecular formula is C27H28F5N5O4. The monoisotopic (exact) mass is 581 g/mol. The molecule has 3 aromatic rings. The van der Waals surface area contributed by atoms with Crippen molar-refractivity contribution in [2.24, 2.45) is 0 Å². The van der Waals surface area contributed by atoms with Crippen molar-refractivity contribution in [2.45, 2.75) is 63.5 Å². The van der Waals surface area contributed by atoms with Gasteiger partial charge in [0.25, 0.3) is 18.2 Å². The zero-order valence-electron chi connectivity index (χ0n) is 22.3. The first-order valence-electron chi connectivity index (χ1n) is 12.3. The summed E-state index contributed by atoms with van der Waals surface area (Å²) in [6.07, 6.45) is -5.57. The summed E-state index contributed by atoms with van der Waals surface area (Å²) in [5.74, 6) is -2.28. The van der Waals surface area contributed by atoms with Crippen LogP contribution in [0.5, 0.6) is 0 Å². The number of pyridine rings is 1. The van der Waals surface area contributed by atoms with E-state index in [1.807, 2.05) is 0 Å². The molecule has 0 fully saturated rings. The molecule has 41 heavy (non-hydrogen) atoms. The van der Waals surface area contributed by atoms with Crippen LogP contribution < -0.4 is 5.32 Å². The Kier molecular flexibility index (Phi) is 9.58. The van der Waals surface area contributed by atoms with Crippen LogP contribution in [0.3, 0.4) is 0 Å². The number of alkyl halides is 5. The Morgan fingerprint density at radius 3 is 2.39 bits per heavy atom. The molecule has 2 heterocycles. The van der Waals surface area contributed by atoms with Gasteiger partial charge in [-0.15, -0.1) is 23.4 Å². The third-order valence-electron chi connectivity index (χ3n) is 6.08. The van der Waals surface area contributed by atoms with Crippen LogP contribution in [0.2, 0.25) is 0 Å². The van der Waals surface area contributed by atoms with Crippen LogP contribution in [-0.2, 0) is 16.9 Å². The minimum absolute atomic E-state index is 0.416. The fraction of sp³-hybridized carbons (Fsp3) is 0.370. The molecule has 9 nitrogen and oxygen atoms in total. The van der Waals surface area contributed by atoms with E-state index in [0.717, 1.165) is 6.08 Å². The SMILES string of the molecule is C=CCCC(C)(C)Nc1nc(-c2nnc([C@@](CC=C)(OCc3ccccc3)C(F)(F)F)o2)c([N+](=O)[O-])cc1C(F)F. The molecule has 0 aliphatic rings. The average Bonchev–Trinajstić information content (AvgIpc) is 3.39. The average molecular weight is 582 g/mol. The van der Waals surface area contributed by atoms with Gasteiger partial charge in [-0.25, -0.2) is 13.8 Å². The van der Waals surface area contributed by atoms with Gasteiger partial charge in [-0.1, -0.05) is 42.5 Å². The standard InChI is InChI=1S/C27H28F5N5O4/c1-5-7-14-25(3,4)34-22-18(21(28)29)15-19(37(38)39)20(33-22)23-35-36-24(41-23)26(13-6-2,27(30,31)32)40-16-17-11-9-8-10-12-17/h5-6,8-12,15,21H,1-2,7,13-14,16H2,3-4H3,(H,33,34)/t26-/m1/s1. The van der Waals surface area contributed by atoms with E-state index in [0.29, 0.717) is 24.5 Å². The maximum absolute atomic E-state index is 14.5. The molecule has 1 aromatic carbocycles. The largest absolute Gasteiger partial charge is 0.426 e. The molecule has 1 N–H and O–H groups in total. The molecule has 220 valence electrons. The first-order chi connectivity index (χ1) is 19.2. The van der Waals surface area contributed by atoms with Crippen molar-refractivity contribution in [3.8, 4) is 11.6 Å². The highest BCUT2D eigenvalue weighted by molar-refractivity contribution is 5.68. The fourth-order valence-corrected chi connectivity index (χ4v) is 3.92. The summed E-state index contributed by atoms with van der Waals surface area (Å²) in [6, 6.07) is 8.59. The van der Waals surface area contributed by atoms with Gasteiger partial charge >= 0.3 is 11.9 Å². The molecule has 0 aliphatic heterocycles. The van der Waals surface area contributed by atoms with Gasteiger partial charge in [0.1, 0.15) is 5.82 Å². The van der Waals surface area contributed by atoms with Crippen LogP contribution in [0.1, 0.15) is 56.6 Å². The number of hydrogen-bond acceptors (Lipinski definition) is 8. The molecule has 0 unspecified atom stereocenters. The van der Waals surface area contributed by atoms with Gasteiger partial charge in [0, 0.05) is 18.0 Å². The molecule has 0 amide bonds. The van der Waals surface area contributed by atoms with Gasteiger partial charge in [0.2, 0.25) is 11.3 Å². The Morgan fingerprint density at radius 1 is 1.15 bits per heavy atom. The number of anilines is 1. The van der Waals surface area contributed by atoms with E-state index in [-0.39, 0.29) is 0 Å². The quantitative estimate of drug-likeness (QED) is 0.0892. The van der Waals surface area contributed by atoms with Crippen LogP contribution in [0, 0.1) is 10.1 Å². The molecule has 0 saturated carbocycles. The van der Waals surface area contributed by atoms with Crippen molar-refractivity contribution in [1.29, 1.82) is 0 Å². The Hall–Kier alpha value is -4.20. The number of benzene rings is 1. The lowest BCUT2D eigenvalue weighted by Crippen LogP contribution is -2.45. The van der Waals surface area contributed by atoms with E-state index in [9.17, 15) is 32.1 Å². The van der Waals surface area contributed by atoms with Crippen molar-refractivity contribution >= 4 is 11.5 Å². The minimum atomic E-state index is -5.10. The first-order valence-corrected chi connectivity index (χ1v) is 12.3. The third kappa shape index (κ3) is 7.12. The van der Waals surface area contributed by atoms with Gasteiger partial charge < -0.3 is 14.5 Å². The molecule has 1 atom stereocenters. The van der Waals surface area contributed by atoms with E-state index >= 15 is 0 Å². The van der Waals surface area contributed by atoms with Crippen molar-refractivity contribution in [3.63, 3.8) is 0 Å². The van der Waals surface area contributed by atoms with Gasteiger partial charge in [-0.3, -0.25) is 10.1 Å². The number of ether oxygens (including phenoxy) is 1. The Bertz CT molecular complexity index is 1380. The summed E-state index contributed by atoms with van der Waals surface area (Å²) in [4.78, 5) is 14.8. The fourth-order valence-electron chi connectivity index (χ4n) is 3.92. The van der Waals surface area contributed by atoms with Crippen molar-refractivity contribution in [3.05, 3.63) is 88.8 Å². The summed E-state index contributed by atoms with van der Waals surface area (Å²) < 4.78 is 82.1. The molecule has 0 aliphatic carbocycles. The van der Waals surface area contributed by atoms with E-state index in [2.05, 4.69) is 33.7 Å². The Labute approximate surface area is 232 Å². The van der Waals surface area contributed by atoms with E-state index < -0.39 is 76.2 Å². The van der Waals surface area contributed by atoms with Crippen molar-refractivity contribution in [1.82, 2.24) is 15.2 Å². The number of nitro groups is 1. The third-order valence-corrected chi connectivity index (χ3v) is 6.08. The molecule has 14 heteroatoms. The zero-order valence-corrected chi connectivity index (χ0v) is 22.3. The molecule has 0 saturated heterocycles. The minimum Gasteiger partial charge on any atom is -0.415 e. The second kappa shape index (κ2) is 12.5. The van der Waals surface area contributed by atoms with E-state index in [4.69, 9.17) is 9.15 Å². The smallest absolute Gasteiger partial charge is 0.415 e. The summed E-state index contributed by atoms with van der Waals surface area (Å²) in [7, 11) is 0. The summed E-state index contributed by atoms with van der Waals surface area (Å²) in [5, 5.41) is 21.7. The lowest BCUT2D eigenvalue weighted by molar-refractivity contribution is -0.384.